The second kappa shape index (κ2) is 4.30. The number of carbonyl (C=O) groups is 1. The van der Waals surface area contributed by atoms with Gasteiger partial charge >= 0.3 is 0 Å². The van der Waals surface area contributed by atoms with Crippen LogP contribution < -0.4 is 10.7 Å². The quantitative estimate of drug-likeness (QED) is 0.867. The monoisotopic (exact) mass is 295 g/mol. The van der Waals surface area contributed by atoms with Crippen molar-refractivity contribution < 1.29 is 9.53 Å². The normalized spacial score (nSPS) is 21.5. The summed E-state index contributed by atoms with van der Waals surface area (Å²) >= 11 is 7.56. The largest absolute Gasteiger partial charge is 0.347 e. The van der Waals surface area contributed by atoms with Crippen LogP contribution in [-0.4, -0.2) is 12.5 Å². The van der Waals surface area contributed by atoms with E-state index in [4.69, 9.17) is 16.3 Å². The van der Waals surface area contributed by atoms with Crippen LogP contribution in [0.5, 0.6) is 0 Å². The predicted molar refractivity (Wildman–Crippen MR) is 75.9 cm³/mol. The number of alkyl halides is 1. The summed E-state index contributed by atoms with van der Waals surface area (Å²) in [5.41, 5.74) is 0.0112. The van der Waals surface area contributed by atoms with Crippen molar-refractivity contribution in [3.63, 3.8) is 0 Å². The number of benzene rings is 1. The Bertz CT molecular complexity index is 742. The van der Waals surface area contributed by atoms with Crippen molar-refractivity contribution in [2.24, 2.45) is 0 Å². The smallest absolute Gasteiger partial charge is 0.278 e. The second-order valence-corrected chi connectivity index (χ2v) is 5.70. The number of amides is 1. The van der Waals surface area contributed by atoms with Gasteiger partial charge in [-0.15, -0.1) is 11.3 Å². The fourth-order valence-corrected chi connectivity index (χ4v) is 3.64. The lowest BCUT2D eigenvalue weighted by Gasteiger charge is -2.18. The molecular formula is C13H10ClNO3S. The molecule has 1 N–H and O–H groups in total. The zero-order valence-corrected chi connectivity index (χ0v) is 11.6. The van der Waals surface area contributed by atoms with E-state index in [9.17, 15) is 9.59 Å². The highest BCUT2D eigenvalue weighted by Gasteiger charge is 2.48. The van der Waals surface area contributed by atoms with Crippen LogP contribution >= 0.6 is 22.9 Å². The van der Waals surface area contributed by atoms with Crippen molar-refractivity contribution in [3.8, 4) is 0 Å². The molecule has 0 bridgehead atoms. The highest BCUT2D eigenvalue weighted by atomic mass is 35.5. The van der Waals surface area contributed by atoms with Crippen molar-refractivity contribution in [2.75, 3.05) is 11.9 Å². The Labute approximate surface area is 118 Å². The Kier molecular flexibility index (Phi) is 2.85. The first-order chi connectivity index (χ1) is 9.08. The van der Waals surface area contributed by atoms with Crippen molar-refractivity contribution >= 4 is 44.6 Å². The van der Waals surface area contributed by atoms with Gasteiger partial charge in [0.2, 0.25) is 5.43 Å². The number of nitrogens with one attached hydrogen (secondary N) is 1. The van der Waals surface area contributed by atoms with Crippen LogP contribution in [-0.2, 0) is 14.6 Å². The molecule has 0 aliphatic carbocycles. The summed E-state index contributed by atoms with van der Waals surface area (Å²) in [4.78, 5) is 24.7. The van der Waals surface area contributed by atoms with Crippen LogP contribution in [0.4, 0.5) is 5.69 Å². The molecule has 4 nitrogen and oxygen atoms in total. The summed E-state index contributed by atoms with van der Waals surface area (Å²) in [5.74, 6) is -0.505. The maximum Gasteiger partial charge on any atom is 0.278 e. The third-order valence-electron chi connectivity index (χ3n) is 2.96. The van der Waals surface area contributed by atoms with E-state index in [0.29, 0.717) is 10.3 Å². The minimum Gasteiger partial charge on any atom is -0.347 e. The molecule has 0 fully saturated rings. The summed E-state index contributed by atoms with van der Waals surface area (Å²) in [7, 11) is 0. The molecule has 3 rings (SSSR count). The SMILES string of the molecule is CCOC1(Cl)C(=O)Nc2c1sc1ccccc1c2=O. The molecule has 1 aromatic carbocycles. The average molecular weight is 296 g/mol. The fourth-order valence-electron chi connectivity index (χ4n) is 2.11. The maximum absolute atomic E-state index is 12.3. The molecule has 19 heavy (non-hydrogen) atoms. The van der Waals surface area contributed by atoms with E-state index >= 15 is 0 Å². The molecule has 1 amide bonds. The third-order valence-corrected chi connectivity index (χ3v) is 4.82. The molecule has 98 valence electrons. The lowest BCUT2D eigenvalue weighted by atomic mass is 10.2. The Morgan fingerprint density at radius 3 is 2.84 bits per heavy atom. The second-order valence-electron chi connectivity index (χ2n) is 4.11. The van der Waals surface area contributed by atoms with Gasteiger partial charge in [-0.25, -0.2) is 0 Å². The highest BCUT2D eigenvalue weighted by Crippen LogP contribution is 2.44. The van der Waals surface area contributed by atoms with Gasteiger partial charge in [0.05, 0.1) is 4.88 Å². The molecule has 1 atom stereocenters. The van der Waals surface area contributed by atoms with Crippen LogP contribution in [0.15, 0.2) is 29.1 Å². The first kappa shape index (κ1) is 12.6. The molecule has 6 heteroatoms. The highest BCUT2D eigenvalue weighted by molar-refractivity contribution is 7.19. The van der Waals surface area contributed by atoms with Crippen LogP contribution in [0.3, 0.4) is 0 Å². The van der Waals surface area contributed by atoms with Gasteiger partial charge in [0.1, 0.15) is 5.69 Å². The molecule has 1 aliphatic heterocycles. The van der Waals surface area contributed by atoms with Gasteiger partial charge in [0, 0.05) is 16.7 Å². The molecule has 0 saturated heterocycles. The third kappa shape index (κ3) is 1.69. The number of hydrogen-bond acceptors (Lipinski definition) is 4. The molecule has 0 radical (unpaired) electrons. The summed E-state index contributed by atoms with van der Waals surface area (Å²) in [6.45, 7) is 2.03. The molecule has 2 aromatic rings. The molecule has 1 unspecified atom stereocenters. The average Bonchev–Trinajstić information content (AvgIpc) is 2.64. The lowest BCUT2D eigenvalue weighted by Crippen LogP contribution is -2.31. The van der Waals surface area contributed by atoms with Gasteiger partial charge in [0.25, 0.3) is 11.0 Å². The molecule has 2 heterocycles. The van der Waals surface area contributed by atoms with Crippen LogP contribution in [0.1, 0.15) is 11.8 Å². The van der Waals surface area contributed by atoms with Crippen LogP contribution in [0.2, 0.25) is 0 Å². The summed E-state index contributed by atoms with van der Waals surface area (Å²) < 4.78 is 6.14. The Balaban J connectivity index is 2.35. The number of ether oxygens (including phenoxy) is 1. The van der Waals surface area contributed by atoms with E-state index in [0.717, 1.165) is 4.70 Å². The van der Waals surface area contributed by atoms with Crippen LogP contribution in [0.25, 0.3) is 10.1 Å². The Morgan fingerprint density at radius 1 is 1.37 bits per heavy atom. The zero-order valence-electron chi connectivity index (χ0n) is 10.0. The number of halogens is 1. The van der Waals surface area contributed by atoms with E-state index < -0.39 is 11.0 Å². The number of fused-ring (bicyclic) bond motifs is 2. The number of carbonyl (C=O) groups excluding carboxylic acids is 1. The van der Waals surface area contributed by atoms with Gasteiger partial charge in [-0.1, -0.05) is 23.7 Å². The van der Waals surface area contributed by atoms with Crippen molar-refractivity contribution in [1.29, 1.82) is 0 Å². The topological polar surface area (TPSA) is 55.4 Å². The number of anilines is 1. The van der Waals surface area contributed by atoms with Gasteiger partial charge in [0.15, 0.2) is 0 Å². The summed E-state index contributed by atoms with van der Waals surface area (Å²) in [6.07, 6.45) is 0. The minimum atomic E-state index is -1.59. The van der Waals surface area contributed by atoms with Gasteiger partial charge < -0.3 is 10.1 Å². The first-order valence-electron chi connectivity index (χ1n) is 5.78. The number of hydrogen-bond donors (Lipinski definition) is 1. The number of rotatable bonds is 2. The van der Waals surface area contributed by atoms with E-state index in [2.05, 4.69) is 5.32 Å². The summed E-state index contributed by atoms with van der Waals surface area (Å²) in [5, 5.41) is 1.52. The molecule has 0 spiro atoms. The Morgan fingerprint density at radius 2 is 2.11 bits per heavy atom. The minimum absolute atomic E-state index is 0.222. The fraction of sp³-hybridized carbons (Fsp3) is 0.231. The summed E-state index contributed by atoms with van der Waals surface area (Å²) in [6, 6.07) is 7.19. The van der Waals surface area contributed by atoms with E-state index in [-0.39, 0.29) is 17.7 Å². The van der Waals surface area contributed by atoms with E-state index in [1.165, 1.54) is 11.3 Å². The van der Waals surface area contributed by atoms with Crippen molar-refractivity contribution in [2.45, 2.75) is 12.0 Å². The van der Waals surface area contributed by atoms with Crippen molar-refractivity contribution in [1.82, 2.24) is 0 Å². The maximum atomic E-state index is 12.3. The van der Waals surface area contributed by atoms with Gasteiger partial charge in [-0.3, -0.25) is 9.59 Å². The van der Waals surface area contributed by atoms with Crippen LogP contribution in [0, 0.1) is 0 Å². The van der Waals surface area contributed by atoms with E-state index in [1.54, 1.807) is 19.1 Å². The Hall–Kier alpha value is -1.43. The molecular weight excluding hydrogens is 286 g/mol. The lowest BCUT2D eigenvalue weighted by molar-refractivity contribution is -0.130. The van der Waals surface area contributed by atoms with Crippen molar-refractivity contribution in [3.05, 3.63) is 39.4 Å². The first-order valence-corrected chi connectivity index (χ1v) is 6.98. The van der Waals surface area contributed by atoms with E-state index in [1.807, 2.05) is 12.1 Å². The molecule has 1 aliphatic rings. The molecule has 1 aromatic heterocycles. The van der Waals surface area contributed by atoms with Gasteiger partial charge in [-0.2, -0.15) is 0 Å². The van der Waals surface area contributed by atoms with Gasteiger partial charge in [-0.05, 0) is 19.1 Å². The zero-order chi connectivity index (χ0) is 13.6. The standard InChI is InChI=1S/C13H10ClNO3S/c1-2-18-13(14)11-9(15-12(13)17)10(16)7-5-3-4-6-8(7)19-11/h3-6H,2H2,1H3,(H,15,17). The predicted octanol–water partition coefficient (Wildman–Crippen LogP) is 2.64. The molecule has 0 saturated carbocycles.